The van der Waals surface area contributed by atoms with Crippen molar-refractivity contribution in [3.8, 4) is 0 Å². The Labute approximate surface area is 316 Å². The highest BCUT2D eigenvalue weighted by Gasteiger charge is 2.59. The van der Waals surface area contributed by atoms with E-state index in [1.165, 1.54) is 63.4 Å². The standard InChI is InChI=1S/C42H74N4O4S/c1-29(2)13-9-10-14-31-17-19-34-33-18-16-32-27-30(20-24-42(32,6)35(33)21-25-41(31,34)5)39(49)46(8,51)28-50-40(3,4)23-22-37(47)45-26-12-11-15-36(44-7)38(43)48/h16,29-31,33-36,44,51H,9-15,17-28H2,1-8H3,(H2-,43,45,47,48)/p+1. The van der Waals surface area contributed by atoms with Crippen molar-refractivity contribution in [1.82, 2.24) is 10.6 Å². The molecule has 3 saturated carbocycles. The number of likely N-dealkylation sites (N-methyl/N-ethyl adjacent to an activating group) is 1. The van der Waals surface area contributed by atoms with Crippen LogP contribution < -0.4 is 16.4 Å². The highest BCUT2D eigenvalue weighted by atomic mass is 32.1. The molecule has 4 aliphatic carbocycles. The first-order chi connectivity index (χ1) is 23.9. The second kappa shape index (κ2) is 17.8. The van der Waals surface area contributed by atoms with Crippen molar-refractivity contribution in [3.05, 3.63) is 11.6 Å². The minimum atomic E-state index is -0.573. The molecule has 4 N–H and O–H groups in total. The maximum Gasteiger partial charge on any atom is 0.330 e. The minimum absolute atomic E-state index is 0.0216. The number of unbranched alkanes of at least 4 members (excludes halogenated alkanes) is 2. The van der Waals surface area contributed by atoms with Gasteiger partial charge in [-0.2, -0.15) is 3.89 Å². The molecule has 3 fully saturated rings. The Morgan fingerprint density at radius 1 is 1.04 bits per heavy atom. The van der Waals surface area contributed by atoms with Crippen molar-refractivity contribution in [3.63, 3.8) is 0 Å². The first kappa shape index (κ1) is 42.3. The number of carbonyl (C=O) groups is 3. The molecule has 292 valence electrons. The van der Waals surface area contributed by atoms with Crippen LogP contribution in [0.25, 0.3) is 0 Å². The van der Waals surface area contributed by atoms with Crippen LogP contribution in [0.4, 0.5) is 0 Å². The first-order valence-corrected chi connectivity index (χ1v) is 21.0. The Morgan fingerprint density at radius 3 is 2.45 bits per heavy atom. The van der Waals surface area contributed by atoms with Gasteiger partial charge in [0.05, 0.1) is 37.4 Å². The number of rotatable bonds is 19. The summed E-state index contributed by atoms with van der Waals surface area (Å²) in [6, 6.07) is -0.334. The number of primary amides is 1. The second-order valence-corrected chi connectivity index (χ2v) is 19.7. The van der Waals surface area contributed by atoms with Crippen LogP contribution in [0, 0.1) is 46.3 Å². The molecule has 0 aliphatic heterocycles. The van der Waals surface area contributed by atoms with E-state index in [0.717, 1.165) is 61.7 Å². The molecule has 0 saturated heterocycles. The van der Waals surface area contributed by atoms with Gasteiger partial charge in [0.2, 0.25) is 18.5 Å². The third-order valence-corrected chi connectivity index (χ3v) is 14.6. The minimum Gasteiger partial charge on any atom is -0.368 e. The van der Waals surface area contributed by atoms with Crippen molar-refractivity contribution >= 4 is 30.5 Å². The molecule has 4 rings (SSSR count). The van der Waals surface area contributed by atoms with Gasteiger partial charge in [-0.3, -0.25) is 9.59 Å². The lowest BCUT2D eigenvalue weighted by Crippen LogP contribution is -2.52. The van der Waals surface area contributed by atoms with E-state index < -0.39 is 5.60 Å². The number of allylic oxidation sites excluding steroid dienone is 2. The van der Waals surface area contributed by atoms with Gasteiger partial charge >= 0.3 is 5.91 Å². The molecule has 9 unspecified atom stereocenters. The molecule has 9 atom stereocenters. The van der Waals surface area contributed by atoms with E-state index >= 15 is 0 Å². The van der Waals surface area contributed by atoms with Crippen molar-refractivity contribution in [2.45, 2.75) is 162 Å². The molecule has 0 bridgehead atoms. The zero-order valence-electron chi connectivity index (χ0n) is 33.7. The molecular formula is C42H75N4O4S+. The van der Waals surface area contributed by atoms with Crippen molar-refractivity contribution in [2.75, 3.05) is 27.4 Å². The van der Waals surface area contributed by atoms with Crippen LogP contribution in [0.3, 0.4) is 0 Å². The van der Waals surface area contributed by atoms with E-state index in [2.05, 4.69) is 44.4 Å². The molecule has 8 nitrogen and oxygen atoms in total. The number of hydrogen-bond donors (Lipinski definition) is 4. The quantitative estimate of drug-likeness (QED) is 0.0353. The smallest absolute Gasteiger partial charge is 0.330 e. The van der Waals surface area contributed by atoms with E-state index in [-0.39, 0.29) is 45.7 Å². The van der Waals surface area contributed by atoms with E-state index in [0.29, 0.717) is 31.2 Å². The number of nitrogens with zero attached hydrogens (tertiary/aromatic N) is 1. The summed E-state index contributed by atoms with van der Waals surface area (Å²) in [5, 5.41) is 5.89. The Bertz CT molecular complexity index is 1240. The maximum absolute atomic E-state index is 14.0. The fourth-order valence-electron chi connectivity index (χ4n) is 10.9. The molecule has 0 aromatic heterocycles. The Balaban J connectivity index is 1.24. The zero-order valence-corrected chi connectivity index (χ0v) is 34.6. The van der Waals surface area contributed by atoms with Gasteiger partial charge in [0, 0.05) is 13.0 Å². The van der Waals surface area contributed by atoms with Crippen LogP contribution in [-0.2, 0) is 19.1 Å². The molecule has 4 aliphatic rings. The lowest BCUT2D eigenvalue weighted by Gasteiger charge is -2.58. The number of carbonyl (C=O) groups excluding carboxylic acids is 3. The zero-order chi connectivity index (χ0) is 37.6. The van der Waals surface area contributed by atoms with Gasteiger partial charge in [-0.05, 0) is 145 Å². The van der Waals surface area contributed by atoms with Gasteiger partial charge in [0.15, 0.2) is 0 Å². The molecule has 0 aromatic carbocycles. The number of fused-ring (bicyclic) bond motifs is 5. The number of amides is 3. The molecule has 0 aromatic rings. The highest BCUT2D eigenvalue weighted by molar-refractivity contribution is 7.74. The van der Waals surface area contributed by atoms with Crippen molar-refractivity contribution in [2.24, 2.45) is 52.1 Å². The summed E-state index contributed by atoms with van der Waals surface area (Å²) in [4.78, 5) is 37.9. The largest absolute Gasteiger partial charge is 0.368 e. The third kappa shape index (κ3) is 10.4. The number of quaternary nitrogens is 1. The average molecular weight is 732 g/mol. The van der Waals surface area contributed by atoms with E-state index in [1.807, 2.05) is 20.9 Å². The topological polar surface area (TPSA) is 111 Å². The second-order valence-electron chi connectivity index (χ2n) is 18.8. The van der Waals surface area contributed by atoms with Gasteiger partial charge in [0.1, 0.15) is 0 Å². The predicted molar refractivity (Wildman–Crippen MR) is 210 cm³/mol. The fraction of sp³-hybridized carbons (Fsp3) is 0.881. The molecule has 3 amide bonds. The number of hydrogen-bond acceptors (Lipinski definition) is 6. The summed E-state index contributed by atoms with van der Waals surface area (Å²) in [5.41, 5.74) is 7.07. The summed E-state index contributed by atoms with van der Waals surface area (Å²) in [7, 11) is 3.58. The normalized spacial score (nSPS) is 32.3. The van der Waals surface area contributed by atoms with Gasteiger partial charge in [-0.1, -0.05) is 58.6 Å². The Morgan fingerprint density at radius 2 is 1.76 bits per heavy atom. The van der Waals surface area contributed by atoms with E-state index in [1.54, 1.807) is 7.05 Å². The van der Waals surface area contributed by atoms with Crippen LogP contribution in [0.5, 0.6) is 0 Å². The number of nitrogens with two attached hydrogens (primary N) is 1. The summed E-state index contributed by atoms with van der Waals surface area (Å²) in [6.45, 7) is 14.6. The maximum atomic E-state index is 14.0. The van der Waals surface area contributed by atoms with Gasteiger partial charge < -0.3 is 21.1 Å². The first-order valence-electron chi connectivity index (χ1n) is 20.6. The fourth-order valence-corrected chi connectivity index (χ4v) is 11.1. The van der Waals surface area contributed by atoms with Crippen LogP contribution in [0.15, 0.2) is 11.6 Å². The summed E-state index contributed by atoms with van der Waals surface area (Å²) in [6.07, 6.45) is 20.9. The predicted octanol–water partition coefficient (Wildman–Crippen LogP) is 8.11. The van der Waals surface area contributed by atoms with Crippen LogP contribution in [-0.4, -0.2) is 60.6 Å². The summed E-state index contributed by atoms with van der Waals surface area (Å²) < 4.78 is 6.18. The molecule has 51 heavy (non-hydrogen) atoms. The van der Waals surface area contributed by atoms with Crippen LogP contribution in [0.1, 0.15) is 151 Å². The molecular weight excluding hydrogens is 657 g/mol. The Hall–Kier alpha value is -1.42. The highest BCUT2D eigenvalue weighted by Crippen LogP contribution is 2.67. The summed E-state index contributed by atoms with van der Waals surface area (Å²) in [5.74, 6) is 3.85. The third-order valence-electron chi connectivity index (χ3n) is 14.3. The van der Waals surface area contributed by atoms with E-state index in [4.69, 9.17) is 23.3 Å². The average Bonchev–Trinajstić information content (AvgIpc) is 3.41. The molecule has 0 heterocycles. The lowest BCUT2D eigenvalue weighted by molar-refractivity contribution is -0.724. The lowest BCUT2D eigenvalue weighted by atomic mass is 9.47. The van der Waals surface area contributed by atoms with E-state index in [9.17, 15) is 14.4 Å². The van der Waals surface area contributed by atoms with Gasteiger partial charge in [-0.15, -0.1) is 0 Å². The number of thiol groups is 1. The molecule has 0 spiro atoms. The molecule has 9 heteroatoms. The SMILES string of the molecule is CNC(CCCCNC(=O)CCC(C)(C)OC[N+](C)(S)C(=O)C1CCC2(C)C(=CCC3C2CCC2(C)C(CCCCC(C)C)CCC32)C1)C(N)=O. The summed E-state index contributed by atoms with van der Waals surface area (Å²) >= 11 is 4.86. The van der Waals surface area contributed by atoms with Gasteiger partial charge in [0.25, 0.3) is 0 Å². The van der Waals surface area contributed by atoms with Gasteiger partial charge in [-0.25, -0.2) is 4.79 Å². The van der Waals surface area contributed by atoms with Crippen molar-refractivity contribution < 1.29 is 23.0 Å². The monoisotopic (exact) mass is 732 g/mol. The Kier molecular flexibility index (Phi) is 14.8. The van der Waals surface area contributed by atoms with Crippen LogP contribution >= 0.6 is 12.8 Å². The van der Waals surface area contributed by atoms with Crippen LogP contribution in [0.2, 0.25) is 0 Å². The van der Waals surface area contributed by atoms with Crippen molar-refractivity contribution in [1.29, 1.82) is 0 Å². The number of nitrogens with one attached hydrogen (secondary N) is 2. The number of ether oxygens (including phenoxy) is 1. The molecule has 0 radical (unpaired) electrons.